The normalized spacial score (nSPS) is 22.2. The van der Waals surface area contributed by atoms with Crippen molar-refractivity contribution < 1.29 is 9.59 Å². The van der Waals surface area contributed by atoms with Gasteiger partial charge in [-0.15, -0.1) is 0 Å². The Morgan fingerprint density at radius 1 is 0.966 bits per heavy atom. The molecule has 1 aliphatic heterocycles. The molecule has 0 amide bonds. The van der Waals surface area contributed by atoms with Gasteiger partial charge in [0.1, 0.15) is 11.8 Å². The van der Waals surface area contributed by atoms with Crippen LogP contribution in [-0.2, 0) is 0 Å². The lowest BCUT2D eigenvalue weighted by molar-refractivity contribution is 0.0756. The quantitative estimate of drug-likeness (QED) is 0.734. The molecule has 1 saturated heterocycles. The Morgan fingerprint density at radius 3 is 2.31 bits per heavy atom. The van der Waals surface area contributed by atoms with Gasteiger partial charge in [-0.1, -0.05) is 54.4 Å². The fourth-order valence-corrected chi connectivity index (χ4v) is 4.20. The molecule has 1 atom stereocenters. The number of halogens is 2. The minimum Gasteiger partial charge on any atom is -0.301 e. The third-order valence-corrected chi connectivity index (χ3v) is 6.29. The number of piperazine rings is 1. The molecule has 0 bridgehead atoms. The SMILES string of the molecule is CCN1CCN(C2C(=O)c3ccccc3C(=O)C2=Nc2ccc(Cl)c(Cl)c2)CC1. The maximum absolute atomic E-state index is 13.4. The highest BCUT2D eigenvalue weighted by molar-refractivity contribution is 6.55. The average molecular weight is 430 g/mol. The molecule has 0 spiro atoms. The molecule has 0 radical (unpaired) electrons. The summed E-state index contributed by atoms with van der Waals surface area (Å²) >= 11 is 12.1. The van der Waals surface area contributed by atoms with Crippen molar-refractivity contribution in [1.82, 2.24) is 9.80 Å². The number of carbonyl (C=O) groups is 2. The van der Waals surface area contributed by atoms with E-state index >= 15 is 0 Å². The van der Waals surface area contributed by atoms with Gasteiger partial charge in [0.05, 0.1) is 15.7 Å². The number of rotatable bonds is 3. The van der Waals surface area contributed by atoms with E-state index in [0.29, 0.717) is 39.9 Å². The van der Waals surface area contributed by atoms with Gasteiger partial charge in [-0.3, -0.25) is 14.5 Å². The van der Waals surface area contributed by atoms with Gasteiger partial charge < -0.3 is 4.90 Å². The molecule has 2 aliphatic rings. The zero-order chi connectivity index (χ0) is 20.5. The number of carbonyl (C=O) groups excluding carboxylic acids is 2. The molecule has 0 N–H and O–H groups in total. The van der Waals surface area contributed by atoms with Gasteiger partial charge >= 0.3 is 0 Å². The molecular weight excluding hydrogens is 409 g/mol. The minimum atomic E-state index is -0.689. The summed E-state index contributed by atoms with van der Waals surface area (Å²) in [5.74, 6) is -0.293. The average Bonchev–Trinajstić information content (AvgIpc) is 2.75. The predicted octanol–water partition coefficient (Wildman–Crippen LogP) is 4.15. The van der Waals surface area contributed by atoms with Crippen molar-refractivity contribution in [2.24, 2.45) is 4.99 Å². The molecular formula is C22H21Cl2N3O2. The lowest BCUT2D eigenvalue weighted by atomic mass is 9.83. The minimum absolute atomic E-state index is 0.0797. The number of hydrogen-bond donors (Lipinski definition) is 0. The topological polar surface area (TPSA) is 53.0 Å². The summed E-state index contributed by atoms with van der Waals surface area (Å²) in [6, 6.07) is 11.2. The lowest BCUT2D eigenvalue weighted by Crippen LogP contribution is -2.58. The molecule has 1 unspecified atom stereocenters. The molecule has 2 aromatic rings. The van der Waals surface area contributed by atoms with Crippen molar-refractivity contribution in [3.63, 3.8) is 0 Å². The first-order valence-corrected chi connectivity index (χ1v) is 10.4. The molecule has 150 valence electrons. The molecule has 2 aromatic carbocycles. The number of Topliss-reactive ketones (excluding diaryl/α,β-unsaturated/α-hetero) is 2. The van der Waals surface area contributed by atoms with Crippen LogP contribution in [0.1, 0.15) is 27.6 Å². The summed E-state index contributed by atoms with van der Waals surface area (Å²) in [5.41, 5.74) is 1.62. The lowest BCUT2D eigenvalue weighted by Gasteiger charge is -2.39. The Balaban J connectivity index is 1.78. The van der Waals surface area contributed by atoms with E-state index in [4.69, 9.17) is 23.2 Å². The van der Waals surface area contributed by atoms with Crippen LogP contribution in [0.3, 0.4) is 0 Å². The summed E-state index contributed by atoms with van der Waals surface area (Å²) in [4.78, 5) is 35.7. The Labute approximate surface area is 179 Å². The highest BCUT2D eigenvalue weighted by Crippen LogP contribution is 2.30. The number of nitrogens with zero attached hydrogens (tertiary/aromatic N) is 3. The number of benzene rings is 2. The molecule has 1 heterocycles. The van der Waals surface area contributed by atoms with Crippen LogP contribution in [0.5, 0.6) is 0 Å². The van der Waals surface area contributed by atoms with Crippen molar-refractivity contribution in [1.29, 1.82) is 0 Å². The van der Waals surface area contributed by atoms with Crippen molar-refractivity contribution in [2.45, 2.75) is 13.0 Å². The van der Waals surface area contributed by atoms with E-state index in [1.165, 1.54) is 0 Å². The molecule has 1 fully saturated rings. The van der Waals surface area contributed by atoms with Crippen LogP contribution in [0.4, 0.5) is 5.69 Å². The number of fused-ring (bicyclic) bond motifs is 1. The summed E-state index contributed by atoms with van der Waals surface area (Å²) in [5, 5.41) is 0.774. The summed E-state index contributed by atoms with van der Waals surface area (Å²) in [7, 11) is 0. The first-order valence-electron chi connectivity index (χ1n) is 9.67. The standard InChI is InChI=1S/C22H21Cl2N3O2/c1-2-26-9-11-27(12-10-26)20-19(25-14-7-8-17(23)18(24)13-14)21(28)15-5-3-4-6-16(15)22(20)29/h3-8,13,20H,2,9-12H2,1H3. The van der Waals surface area contributed by atoms with E-state index in [0.717, 1.165) is 19.6 Å². The first-order chi connectivity index (χ1) is 14.0. The van der Waals surface area contributed by atoms with E-state index in [2.05, 4.69) is 21.7 Å². The van der Waals surface area contributed by atoms with E-state index in [1.54, 1.807) is 42.5 Å². The van der Waals surface area contributed by atoms with Gasteiger partial charge in [-0.25, -0.2) is 4.99 Å². The number of ketones is 2. The fourth-order valence-electron chi connectivity index (χ4n) is 3.91. The third kappa shape index (κ3) is 3.88. The van der Waals surface area contributed by atoms with Crippen molar-refractivity contribution in [3.05, 3.63) is 63.6 Å². The summed E-state index contributed by atoms with van der Waals surface area (Å²) in [6.07, 6.45) is 0. The molecule has 0 aromatic heterocycles. The van der Waals surface area contributed by atoms with E-state index in [-0.39, 0.29) is 17.3 Å². The second-order valence-electron chi connectivity index (χ2n) is 7.21. The first kappa shape index (κ1) is 20.2. The molecule has 4 rings (SSSR count). The Morgan fingerprint density at radius 2 is 1.66 bits per heavy atom. The van der Waals surface area contributed by atoms with Crippen LogP contribution in [0.25, 0.3) is 0 Å². The highest BCUT2D eigenvalue weighted by Gasteiger charge is 2.42. The highest BCUT2D eigenvalue weighted by atomic mass is 35.5. The van der Waals surface area contributed by atoms with Gasteiger partial charge in [0, 0.05) is 37.3 Å². The van der Waals surface area contributed by atoms with Crippen LogP contribution in [0.2, 0.25) is 10.0 Å². The van der Waals surface area contributed by atoms with Gasteiger partial charge in [0.15, 0.2) is 5.78 Å². The molecule has 1 aliphatic carbocycles. The van der Waals surface area contributed by atoms with Crippen LogP contribution in [0, 0.1) is 0 Å². The Kier molecular flexibility index (Phi) is 5.83. The summed E-state index contributed by atoms with van der Waals surface area (Å²) in [6.45, 7) is 6.23. The van der Waals surface area contributed by atoms with E-state index in [1.807, 2.05) is 0 Å². The van der Waals surface area contributed by atoms with Crippen LogP contribution >= 0.6 is 23.2 Å². The maximum atomic E-state index is 13.4. The van der Waals surface area contributed by atoms with Crippen molar-refractivity contribution in [2.75, 3.05) is 32.7 Å². The zero-order valence-corrected chi connectivity index (χ0v) is 17.6. The van der Waals surface area contributed by atoms with Crippen molar-refractivity contribution >= 4 is 46.2 Å². The number of aliphatic imine (C=N–C) groups is 1. The smallest absolute Gasteiger partial charge is 0.210 e. The molecule has 5 nitrogen and oxygen atoms in total. The predicted molar refractivity (Wildman–Crippen MR) is 116 cm³/mol. The van der Waals surface area contributed by atoms with Gasteiger partial charge in [0.25, 0.3) is 0 Å². The fraction of sp³-hybridized carbons (Fsp3) is 0.318. The van der Waals surface area contributed by atoms with E-state index < -0.39 is 6.04 Å². The van der Waals surface area contributed by atoms with Gasteiger partial charge in [-0.05, 0) is 24.7 Å². The third-order valence-electron chi connectivity index (χ3n) is 5.55. The maximum Gasteiger partial charge on any atom is 0.210 e. The zero-order valence-electron chi connectivity index (χ0n) is 16.1. The number of likely N-dealkylation sites (N-methyl/N-ethyl adjacent to an activating group) is 1. The second-order valence-corrected chi connectivity index (χ2v) is 8.02. The Hall–Kier alpha value is -2.05. The molecule has 0 saturated carbocycles. The largest absolute Gasteiger partial charge is 0.301 e. The van der Waals surface area contributed by atoms with Crippen LogP contribution in [0.15, 0.2) is 47.5 Å². The van der Waals surface area contributed by atoms with Gasteiger partial charge in [-0.2, -0.15) is 0 Å². The summed E-state index contributed by atoms with van der Waals surface area (Å²) < 4.78 is 0. The second kappa shape index (κ2) is 8.36. The van der Waals surface area contributed by atoms with E-state index in [9.17, 15) is 9.59 Å². The molecule has 7 heteroatoms. The number of hydrogen-bond acceptors (Lipinski definition) is 5. The van der Waals surface area contributed by atoms with Gasteiger partial charge in [0.2, 0.25) is 5.78 Å². The monoisotopic (exact) mass is 429 g/mol. The van der Waals surface area contributed by atoms with Crippen molar-refractivity contribution in [3.8, 4) is 0 Å². The Bertz CT molecular complexity index is 997. The van der Waals surface area contributed by atoms with Crippen LogP contribution in [-0.4, -0.2) is 65.8 Å². The molecule has 29 heavy (non-hydrogen) atoms. The van der Waals surface area contributed by atoms with Crippen LogP contribution < -0.4 is 0 Å².